The highest BCUT2D eigenvalue weighted by Crippen LogP contribution is 1.95. The maximum atomic E-state index is 3.89. The summed E-state index contributed by atoms with van der Waals surface area (Å²) < 4.78 is 1.83. The summed E-state index contributed by atoms with van der Waals surface area (Å²) in [5.74, 6) is 0. The molecule has 4 heteroatoms. The highest BCUT2D eigenvalue weighted by Gasteiger charge is 1.99. The fraction of sp³-hybridized carbons (Fsp3) is 0.600. The van der Waals surface area contributed by atoms with E-state index < -0.39 is 0 Å². The van der Waals surface area contributed by atoms with Crippen molar-refractivity contribution >= 4 is 0 Å². The number of nitrogens with one attached hydrogen (secondary N) is 1. The Bertz CT molecular complexity index is 243. The van der Waals surface area contributed by atoms with Crippen LogP contribution in [0.5, 0.6) is 0 Å². The summed E-state index contributed by atoms with van der Waals surface area (Å²) in [6.07, 6.45) is 7.73. The molecule has 0 bridgehead atoms. The Morgan fingerprint density at radius 3 is 3.14 bits per heavy atom. The second-order valence-corrected chi connectivity index (χ2v) is 3.39. The van der Waals surface area contributed by atoms with Crippen molar-refractivity contribution in [1.29, 1.82) is 0 Å². The lowest BCUT2D eigenvalue weighted by atomic mass is 10.2. The molecular weight excluding hydrogens is 176 g/mol. The average molecular weight is 194 g/mol. The molecule has 0 aliphatic carbocycles. The van der Waals surface area contributed by atoms with Gasteiger partial charge in [-0.2, -0.15) is 0 Å². The van der Waals surface area contributed by atoms with Crippen LogP contribution in [0.2, 0.25) is 0 Å². The lowest BCUT2D eigenvalue weighted by molar-refractivity contribution is 0.473. The van der Waals surface area contributed by atoms with Crippen LogP contribution in [0.3, 0.4) is 0 Å². The van der Waals surface area contributed by atoms with E-state index in [9.17, 15) is 0 Å². The summed E-state index contributed by atoms with van der Waals surface area (Å²) in [4.78, 5) is 0. The van der Waals surface area contributed by atoms with Gasteiger partial charge in [0.2, 0.25) is 0 Å². The molecule has 1 rings (SSSR count). The van der Waals surface area contributed by atoms with E-state index in [4.69, 9.17) is 0 Å². The molecule has 4 nitrogen and oxygen atoms in total. The highest BCUT2D eigenvalue weighted by atomic mass is 15.4. The van der Waals surface area contributed by atoms with Crippen LogP contribution in [0.25, 0.3) is 0 Å². The molecule has 1 unspecified atom stereocenters. The van der Waals surface area contributed by atoms with E-state index in [1.165, 1.54) is 0 Å². The first kappa shape index (κ1) is 10.9. The third kappa shape index (κ3) is 4.18. The van der Waals surface area contributed by atoms with Gasteiger partial charge in [0.25, 0.3) is 0 Å². The van der Waals surface area contributed by atoms with E-state index in [2.05, 4.69) is 29.1 Å². The molecule has 0 aromatic carbocycles. The minimum atomic E-state index is 0.538. The maximum absolute atomic E-state index is 3.89. The largest absolute Gasteiger partial charge is 0.312 e. The molecule has 0 aliphatic heterocycles. The van der Waals surface area contributed by atoms with Gasteiger partial charge in [-0.25, -0.2) is 0 Å². The fourth-order valence-corrected chi connectivity index (χ4v) is 1.25. The van der Waals surface area contributed by atoms with Crippen molar-refractivity contribution in [2.24, 2.45) is 0 Å². The summed E-state index contributed by atoms with van der Waals surface area (Å²) in [5, 5.41) is 11.0. The predicted molar refractivity (Wildman–Crippen MR) is 56.9 cm³/mol. The quantitative estimate of drug-likeness (QED) is 0.664. The Morgan fingerprint density at radius 2 is 2.50 bits per heavy atom. The fourth-order valence-electron chi connectivity index (χ4n) is 1.25. The second kappa shape index (κ2) is 6.32. The van der Waals surface area contributed by atoms with Gasteiger partial charge in [0.1, 0.15) is 0 Å². The van der Waals surface area contributed by atoms with Gasteiger partial charge in [-0.05, 0) is 19.8 Å². The molecule has 78 valence electrons. The normalized spacial score (nSPS) is 12.6. The van der Waals surface area contributed by atoms with E-state index >= 15 is 0 Å². The molecule has 0 saturated carbocycles. The first-order chi connectivity index (χ1) is 6.83. The van der Waals surface area contributed by atoms with Gasteiger partial charge < -0.3 is 5.32 Å². The zero-order chi connectivity index (χ0) is 10.2. The number of hydrogen-bond donors (Lipinski definition) is 1. The summed E-state index contributed by atoms with van der Waals surface area (Å²) >= 11 is 0. The van der Waals surface area contributed by atoms with Crippen LogP contribution in [0.4, 0.5) is 0 Å². The summed E-state index contributed by atoms with van der Waals surface area (Å²) in [6.45, 7) is 7.69. The molecule has 0 saturated heterocycles. The second-order valence-electron chi connectivity index (χ2n) is 3.39. The molecular formula is C10H18N4. The van der Waals surface area contributed by atoms with Crippen LogP contribution >= 0.6 is 0 Å². The molecule has 0 spiro atoms. The van der Waals surface area contributed by atoms with Crippen molar-refractivity contribution in [1.82, 2.24) is 20.3 Å². The summed E-state index contributed by atoms with van der Waals surface area (Å²) in [5.41, 5.74) is 0. The molecule has 1 heterocycles. The number of allylic oxidation sites excluding steroid dienone is 1. The Balaban J connectivity index is 2.06. The van der Waals surface area contributed by atoms with E-state index in [1.807, 2.05) is 17.0 Å². The Labute approximate surface area is 85.0 Å². The predicted octanol–water partition coefficient (Wildman–Crippen LogP) is 1.22. The van der Waals surface area contributed by atoms with Crippen molar-refractivity contribution in [3.8, 4) is 0 Å². The van der Waals surface area contributed by atoms with Crippen molar-refractivity contribution in [2.45, 2.75) is 32.4 Å². The molecule has 14 heavy (non-hydrogen) atoms. The van der Waals surface area contributed by atoms with Crippen LogP contribution in [0, 0.1) is 0 Å². The van der Waals surface area contributed by atoms with E-state index in [0.29, 0.717) is 6.04 Å². The number of hydrogen-bond acceptors (Lipinski definition) is 3. The number of nitrogens with zero attached hydrogens (tertiary/aromatic N) is 3. The third-order valence-electron chi connectivity index (χ3n) is 2.11. The van der Waals surface area contributed by atoms with Gasteiger partial charge in [0.05, 0.1) is 12.7 Å². The number of aromatic nitrogens is 3. The first-order valence-electron chi connectivity index (χ1n) is 5.01. The average Bonchev–Trinajstić information content (AvgIpc) is 2.67. The molecule has 1 atom stereocenters. The van der Waals surface area contributed by atoms with Crippen molar-refractivity contribution in [3.05, 3.63) is 25.0 Å². The molecule has 0 radical (unpaired) electrons. The Hall–Kier alpha value is -1.16. The molecule has 0 aliphatic rings. The topological polar surface area (TPSA) is 42.7 Å². The Morgan fingerprint density at radius 1 is 1.64 bits per heavy atom. The lowest BCUT2D eigenvalue weighted by Gasteiger charge is -2.12. The molecule has 1 N–H and O–H groups in total. The van der Waals surface area contributed by atoms with Crippen LogP contribution in [0.15, 0.2) is 25.0 Å². The van der Waals surface area contributed by atoms with Gasteiger partial charge in [-0.15, -0.1) is 11.7 Å². The summed E-state index contributed by atoms with van der Waals surface area (Å²) in [6, 6.07) is 0.538. The number of rotatable bonds is 7. The monoisotopic (exact) mass is 194 g/mol. The molecule has 0 amide bonds. The van der Waals surface area contributed by atoms with Gasteiger partial charge >= 0.3 is 0 Å². The van der Waals surface area contributed by atoms with Gasteiger partial charge in [-0.1, -0.05) is 11.3 Å². The zero-order valence-electron chi connectivity index (χ0n) is 8.69. The zero-order valence-corrected chi connectivity index (χ0v) is 8.69. The smallest absolute Gasteiger partial charge is 0.0692 e. The molecule has 1 aromatic heterocycles. The summed E-state index contributed by atoms with van der Waals surface area (Å²) in [7, 11) is 0. The first-order valence-corrected chi connectivity index (χ1v) is 5.01. The van der Waals surface area contributed by atoms with Crippen molar-refractivity contribution in [3.63, 3.8) is 0 Å². The van der Waals surface area contributed by atoms with Crippen LogP contribution < -0.4 is 5.32 Å². The standard InChI is InChI=1S/C10H18N4/c1-3-4-5-10(2)11-6-8-14-9-7-12-13-14/h3,7,9-11H,1,4-6,8H2,2H3. The van der Waals surface area contributed by atoms with Gasteiger partial charge in [0, 0.05) is 18.8 Å². The van der Waals surface area contributed by atoms with E-state index in [0.717, 1.165) is 25.9 Å². The van der Waals surface area contributed by atoms with E-state index in [1.54, 1.807) is 6.20 Å². The Kier molecular flexibility index (Phi) is 4.93. The molecule has 1 aromatic rings. The minimum Gasteiger partial charge on any atom is -0.312 e. The lowest BCUT2D eigenvalue weighted by Crippen LogP contribution is -2.29. The van der Waals surface area contributed by atoms with Crippen LogP contribution in [0.1, 0.15) is 19.8 Å². The third-order valence-corrected chi connectivity index (χ3v) is 2.11. The van der Waals surface area contributed by atoms with E-state index in [-0.39, 0.29) is 0 Å². The van der Waals surface area contributed by atoms with Gasteiger partial charge in [-0.3, -0.25) is 4.68 Å². The molecule has 0 fully saturated rings. The minimum absolute atomic E-state index is 0.538. The van der Waals surface area contributed by atoms with Crippen LogP contribution in [-0.4, -0.2) is 27.6 Å². The van der Waals surface area contributed by atoms with Crippen LogP contribution in [-0.2, 0) is 6.54 Å². The SMILES string of the molecule is C=CCCC(C)NCCn1ccnn1. The van der Waals surface area contributed by atoms with Crippen molar-refractivity contribution < 1.29 is 0 Å². The highest BCUT2D eigenvalue weighted by molar-refractivity contribution is 4.71. The van der Waals surface area contributed by atoms with Gasteiger partial charge in [0.15, 0.2) is 0 Å². The van der Waals surface area contributed by atoms with Crippen molar-refractivity contribution in [2.75, 3.05) is 6.54 Å². The maximum Gasteiger partial charge on any atom is 0.0692 e.